The van der Waals surface area contributed by atoms with Crippen molar-refractivity contribution in [3.05, 3.63) is 78.9 Å². The maximum absolute atomic E-state index is 14.1. The number of fused-ring (bicyclic) bond motifs is 1. The number of terminal acetylenes is 1. The molecule has 0 N–H and O–H groups in total. The normalized spacial score (nSPS) is 14.8. The van der Waals surface area contributed by atoms with E-state index in [4.69, 9.17) is 25.4 Å². The van der Waals surface area contributed by atoms with E-state index in [9.17, 15) is 9.59 Å². The smallest absolute Gasteiger partial charge is 0.338 e. The van der Waals surface area contributed by atoms with Crippen molar-refractivity contribution < 1.29 is 23.7 Å². The van der Waals surface area contributed by atoms with Crippen molar-refractivity contribution in [2.45, 2.75) is 19.9 Å². The van der Waals surface area contributed by atoms with Gasteiger partial charge in [-0.05, 0) is 72.3 Å². The lowest BCUT2D eigenvalue weighted by atomic mass is 9.95. The topological polar surface area (TPSA) is 88.3 Å². The van der Waals surface area contributed by atoms with Gasteiger partial charge in [0.15, 0.2) is 16.3 Å². The maximum atomic E-state index is 14.1. The molecule has 0 bridgehead atoms. The standard InChI is InChI=1S/C28H23Br2IN2O6S/c1-6-8-39-25-15(9-16(29)11-19(25)31)10-22-26(34)33-24(17-12-20(36-4)21(37-5)13-18(17)30)23(27(35)38-7-2)14(3)32-28(33)40-22/h1,9-13,24H,7-8H2,2-5H3/b22-10-/t24-/m1/s1. The third kappa shape index (κ3) is 5.88. The van der Waals surface area contributed by atoms with Gasteiger partial charge in [0.05, 0.1) is 46.2 Å². The first-order valence-electron chi connectivity index (χ1n) is 11.8. The van der Waals surface area contributed by atoms with Gasteiger partial charge in [-0.2, -0.15) is 0 Å². The SMILES string of the molecule is C#CCOc1c(I)cc(Br)cc1/C=c1\sc2n(c1=O)[C@H](c1cc(OC)c(OC)cc1Br)C(C(=O)OCC)=C(C)N=2. The minimum atomic E-state index is -0.841. The molecule has 3 aromatic rings. The second kappa shape index (κ2) is 12.9. The first kappa shape index (κ1) is 30.4. The van der Waals surface area contributed by atoms with Crippen molar-refractivity contribution in [1.82, 2.24) is 4.57 Å². The van der Waals surface area contributed by atoms with Crippen LogP contribution in [0.2, 0.25) is 0 Å². The van der Waals surface area contributed by atoms with Crippen molar-refractivity contribution >= 4 is 77.8 Å². The number of allylic oxidation sites excluding steroid dienone is 1. The lowest BCUT2D eigenvalue weighted by Gasteiger charge is -2.26. The number of aromatic nitrogens is 1. The molecule has 8 nitrogen and oxygen atoms in total. The van der Waals surface area contributed by atoms with Crippen LogP contribution in [0.5, 0.6) is 17.2 Å². The average Bonchev–Trinajstić information content (AvgIpc) is 3.21. The first-order chi connectivity index (χ1) is 19.1. The van der Waals surface area contributed by atoms with Gasteiger partial charge >= 0.3 is 5.97 Å². The Labute approximate surface area is 265 Å². The van der Waals surface area contributed by atoms with Crippen LogP contribution in [0.1, 0.15) is 31.0 Å². The number of methoxy groups -OCH3 is 2. The fourth-order valence-corrected chi connectivity index (χ4v) is 7.54. The predicted molar refractivity (Wildman–Crippen MR) is 169 cm³/mol. The molecule has 40 heavy (non-hydrogen) atoms. The third-order valence-corrected chi connectivity index (χ3v) is 8.87. The first-order valence-corrected chi connectivity index (χ1v) is 15.3. The van der Waals surface area contributed by atoms with Gasteiger partial charge in [0.2, 0.25) is 0 Å². The van der Waals surface area contributed by atoms with E-state index in [-0.39, 0.29) is 24.3 Å². The van der Waals surface area contributed by atoms with Crippen molar-refractivity contribution in [2.24, 2.45) is 4.99 Å². The maximum Gasteiger partial charge on any atom is 0.338 e. The second-order valence-corrected chi connectivity index (χ2v) is 12.3. The van der Waals surface area contributed by atoms with Crippen LogP contribution >= 0.6 is 65.8 Å². The molecule has 208 valence electrons. The number of carbonyl (C=O) groups excluding carboxylic acids is 1. The summed E-state index contributed by atoms with van der Waals surface area (Å²) in [4.78, 5) is 32.4. The van der Waals surface area contributed by atoms with Gasteiger partial charge in [0.25, 0.3) is 5.56 Å². The summed E-state index contributed by atoms with van der Waals surface area (Å²) in [6, 6.07) is 6.39. The molecule has 0 spiro atoms. The van der Waals surface area contributed by atoms with Crippen LogP contribution in [-0.4, -0.2) is 38.0 Å². The van der Waals surface area contributed by atoms with Crippen LogP contribution in [0.25, 0.3) is 6.08 Å². The second-order valence-electron chi connectivity index (χ2n) is 8.33. The third-order valence-electron chi connectivity index (χ3n) is 5.94. The molecule has 1 atom stereocenters. The van der Waals surface area contributed by atoms with Crippen LogP contribution in [0.3, 0.4) is 0 Å². The summed E-state index contributed by atoms with van der Waals surface area (Å²) in [6.45, 7) is 3.70. The van der Waals surface area contributed by atoms with Gasteiger partial charge in [-0.25, -0.2) is 9.79 Å². The Morgan fingerprint density at radius 1 is 1.23 bits per heavy atom. The molecule has 2 heterocycles. The van der Waals surface area contributed by atoms with E-state index in [0.717, 1.165) is 8.04 Å². The van der Waals surface area contributed by atoms with Crippen molar-refractivity contribution in [3.8, 4) is 29.6 Å². The molecule has 0 radical (unpaired) electrons. The molecular formula is C28H23Br2IN2O6S. The fourth-order valence-electron chi connectivity index (χ4n) is 4.26. The summed E-state index contributed by atoms with van der Waals surface area (Å²) >= 11 is 10.5. The van der Waals surface area contributed by atoms with E-state index in [1.54, 1.807) is 32.1 Å². The molecule has 0 saturated heterocycles. The number of hydrogen-bond acceptors (Lipinski definition) is 8. The Morgan fingerprint density at radius 2 is 1.93 bits per heavy atom. The quantitative estimate of drug-likeness (QED) is 0.182. The lowest BCUT2D eigenvalue weighted by Crippen LogP contribution is -2.40. The molecular weight excluding hydrogens is 779 g/mol. The Bertz CT molecular complexity index is 1760. The van der Waals surface area contributed by atoms with Crippen LogP contribution in [0.4, 0.5) is 0 Å². The van der Waals surface area contributed by atoms with Crippen LogP contribution in [-0.2, 0) is 9.53 Å². The lowest BCUT2D eigenvalue weighted by molar-refractivity contribution is -0.139. The predicted octanol–water partition coefficient (Wildman–Crippen LogP) is 4.96. The van der Waals surface area contributed by atoms with E-state index in [1.165, 1.54) is 30.1 Å². The number of esters is 1. The molecule has 1 aliphatic heterocycles. The number of nitrogens with zero attached hydrogens (tertiary/aromatic N) is 2. The van der Waals surface area contributed by atoms with Crippen molar-refractivity contribution in [1.29, 1.82) is 0 Å². The number of carbonyl (C=O) groups is 1. The summed E-state index contributed by atoms with van der Waals surface area (Å²) in [7, 11) is 3.05. The Hall–Kier alpha value is -2.60. The molecule has 0 fully saturated rings. The molecule has 1 aliphatic rings. The summed E-state index contributed by atoms with van der Waals surface area (Å²) < 4.78 is 26.3. The summed E-state index contributed by atoms with van der Waals surface area (Å²) in [5.41, 5.74) is 1.65. The average molecular weight is 802 g/mol. The van der Waals surface area contributed by atoms with Gasteiger partial charge in [-0.15, -0.1) is 6.42 Å². The molecule has 0 unspecified atom stereocenters. The zero-order valence-electron chi connectivity index (χ0n) is 21.8. The van der Waals surface area contributed by atoms with Crippen molar-refractivity contribution in [3.63, 3.8) is 0 Å². The van der Waals surface area contributed by atoms with E-state index in [1.807, 2.05) is 12.1 Å². The highest BCUT2D eigenvalue weighted by molar-refractivity contribution is 14.1. The molecule has 0 saturated carbocycles. The molecule has 1 aromatic heterocycles. The van der Waals surface area contributed by atoms with E-state index >= 15 is 0 Å². The monoisotopic (exact) mass is 800 g/mol. The number of hydrogen-bond donors (Lipinski definition) is 0. The highest BCUT2D eigenvalue weighted by atomic mass is 127. The molecule has 12 heteroatoms. The largest absolute Gasteiger partial charge is 0.493 e. The number of halogens is 3. The summed E-state index contributed by atoms with van der Waals surface area (Å²) in [5.74, 6) is 3.42. The molecule has 4 rings (SSSR count). The van der Waals surface area contributed by atoms with Crippen LogP contribution < -0.4 is 29.1 Å². The van der Waals surface area contributed by atoms with Gasteiger partial charge < -0.3 is 18.9 Å². The Balaban J connectivity index is 2.02. The van der Waals surface area contributed by atoms with E-state index in [0.29, 0.717) is 47.9 Å². The van der Waals surface area contributed by atoms with Crippen LogP contribution in [0, 0.1) is 15.9 Å². The van der Waals surface area contributed by atoms with Crippen LogP contribution in [0.15, 0.2) is 54.3 Å². The number of benzene rings is 2. The highest BCUT2D eigenvalue weighted by Gasteiger charge is 2.35. The number of thiazole rings is 1. The Morgan fingerprint density at radius 3 is 2.58 bits per heavy atom. The number of rotatable bonds is 8. The highest BCUT2D eigenvalue weighted by Crippen LogP contribution is 2.41. The summed E-state index contributed by atoms with van der Waals surface area (Å²) in [6.07, 6.45) is 7.16. The van der Waals surface area contributed by atoms with E-state index in [2.05, 4.69) is 65.4 Å². The Kier molecular flexibility index (Phi) is 9.81. The van der Waals surface area contributed by atoms with Crippen molar-refractivity contribution in [2.75, 3.05) is 27.4 Å². The molecule has 2 aromatic carbocycles. The van der Waals surface area contributed by atoms with Gasteiger partial charge in [0.1, 0.15) is 12.4 Å². The van der Waals surface area contributed by atoms with Gasteiger partial charge in [-0.3, -0.25) is 9.36 Å². The molecule has 0 amide bonds. The minimum absolute atomic E-state index is 0.0785. The molecule has 0 aliphatic carbocycles. The van der Waals surface area contributed by atoms with Gasteiger partial charge in [-0.1, -0.05) is 49.1 Å². The zero-order chi connectivity index (χ0) is 29.1. The fraction of sp³-hybridized carbons (Fsp3) is 0.250. The zero-order valence-corrected chi connectivity index (χ0v) is 28.0. The number of ether oxygens (including phenoxy) is 4. The minimum Gasteiger partial charge on any atom is -0.493 e. The van der Waals surface area contributed by atoms with E-state index < -0.39 is 12.0 Å². The van der Waals surface area contributed by atoms with Gasteiger partial charge in [0, 0.05) is 14.5 Å². The summed E-state index contributed by atoms with van der Waals surface area (Å²) in [5, 5.41) is 0.